The van der Waals surface area contributed by atoms with Gasteiger partial charge in [0.2, 0.25) is 0 Å². The van der Waals surface area contributed by atoms with Crippen LogP contribution in [0.4, 0.5) is 5.69 Å². The zero-order valence-electron chi connectivity index (χ0n) is 12.3. The van der Waals surface area contributed by atoms with E-state index >= 15 is 0 Å². The Morgan fingerprint density at radius 3 is 2.78 bits per heavy atom. The summed E-state index contributed by atoms with van der Waals surface area (Å²) in [4.78, 5) is 12.3. The molecule has 0 saturated heterocycles. The van der Waals surface area contributed by atoms with E-state index in [0.29, 0.717) is 16.4 Å². The van der Waals surface area contributed by atoms with Gasteiger partial charge in [-0.25, -0.2) is 4.68 Å². The number of hydrogen-bond acceptors (Lipinski definition) is 2. The summed E-state index contributed by atoms with van der Waals surface area (Å²) in [6.45, 7) is 1.99. The van der Waals surface area contributed by atoms with Gasteiger partial charge in [-0.15, -0.1) is 0 Å². The van der Waals surface area contributed by atoms with Crippen molar-refractivity contribution in [2.75, 3.05) is 5.32 Å². The second-order valence-electron chi connectivity index (χ2n) is 5.06. The van der Waals surface area contributed by atoms with Crippen LogP contribution in [0.3, 0.4) is 0 Å². The lowest BCUT2D eigenvalue weighted by Crippen LogP contribution is -2.13. The first-order valence-corrected chi connectivity index (χ1v) is 8.09. The van der Waals surface area contributed by atoms with Gasteiger partial charge in [-0.05, 0) is 64.8 Å². The molecule has 0 aliphatic carbocycles. The number of benzene rings is 2. The maximum atomic E-state index is 12.3. The first kappa shape index (κ1) is 15.8. The molecule has 0 fully saturated rings. The van der Waals surface area contributed by atoms with Crippen LogP contribution in [0, 0.1) is 6.92 Å². The molecule has 0 unspecified atom stereocenters. The summed E-state index contributed by atoms with van der Waals surface area (Å²) >= 11 is 9.42. The normalized spacial score (nSPS) is 10.6. The summed E-state index contributed by atoms with van der Waals surface area (Å²) in [5, 5.41) is 7.76. The second kappa shape index (κ2) is 6.56. The largest absolute Gasteiger partial charge is 0.320 e. The van der Waals surface area contributed by atoms with Crippen LogP contribution in [0.1, 0.15) is 16.1 Å². The smallest absolute Gasteiger partial charge is 0.276 e. The monoisotopic (exact) mass is 389 g/mol. The minimum atomic E-state index is -0.268. The highest BCUT2D eigenvalue weighted by molar-refractivity contribution is 9.10. The van der Waals surface area contributed by atoms with E-state index in [0.717, 1.165) is 15.7 Å². The molecule has 3 rings (SSSR count). The van der Waals surface area contributed by atoms with E-state index in [9.17, 15) is 4.79 Å². The molecule has 0 radical (unpaired) electrons. The molecule has 4 nitrogen and oxygen atoms in total. The molecule has 3 aromatic rings. The van der Waals surface area contributed by atoms with Gasteiger partial charge in [0.1, 0.15) is 0 Å². The van der Waals surface area contributed by atoms with Crippen LogP contribution in [-0.4, -0.2) is 15.7 Å². The molecule has 1 aromatic heterocycles. The number of aromatic nitrogens is 2. The number of rotatable bonds is 3. The first-order chi connectivity index (χ1) is 11.0. The molecule has 0 atom stereocenters. The minimum absolute atomic E-state index is 0.268. The van der Waals surface area contributed by atoms with Crippen molar-refractivity contribution in [3.8, 4) is 5.69 Å². The molecule has 0 aliphatic rings. The summed E-state index contributed by atoms with van der Waals surface area (Å²) in [5.74, 6) is -0.268. The average Bonchev–Trinajstić information content (AvgIpc) is 3.00. The van der Waals surface area contributed by atoms with Crippen molar-refractivity contribution in [3.05, 3.63) is 75.5 Å². The van der Waals surface area contributed by atoms with Gasteiger partial charge in [0, 0.05) is 15.7 Å². The van der Waals surface area contributed by atoms with Crippen LogP contribution in [-0.2, 0) is 0 Å². The van der Waals surface area contributed by atoms with Crippen LogP contribution in [0.25, 0.3) is 5.69 Å². The standard InChI is InChI=1S/C17H13BrClN3O/c1-11-5-6-15(14(18)9-11)20-17(23)16-7-8-22(21-16)13-4-2-3-12(19)10-13/h2-10H,1H3,(H,20,23). The van der Waals surface area contributed by atoms with Gasteiger partial charge in [-0.1, -0.05) is 23.7 Å². The molecule has 0 bridgehead atoms. The number of nitrogens with zero attached hydrogens (tertiary/aromatic N) is 2. The van der Waals surface area contributed by atoms with Gasteiger partial charge in [-0.2, -0.15) is 5.10 Å². The fourth-order valence-electron chi connectivity index (χ4n) is 2.12. The maximum Gasteiger partial charge on any atom is 0.276 e. The van der Waals surface area contributed by atoms with Crippen molar-refractivity contribution in [2.45, 2.75) is 6.92 Å². The van der Waals surface area contributed by atoms with Gasteiger partial charge >= 0.3 is 0 Å². The predicted molar refractivity (Wildman–Crippen MR) is 95.4 cm³/mol. The topological polar surface area (TPSA) is 46.9 Å². The predicted octanol–water partition coefficient (Wildman–Crippen LogP) is 4.85. The van der Waals surface area contributed by atoms with Crippen LogP contribution in [0.15, 0.2) is 59.2 Å². The van der Waals surface area contributed by atoms with E-state index in [-0.39, 0.29) is 5.91 Å². The van der Waals surface area contributed by atoms with Crippen LogP contribution in [0.5, 0.6) is 0 Å². The number of carbonyl (C=O) groups excluding carboxylic acids is 1. The Labute approximate surface area is 147 Å². The number of nitrogens with one attached hydrogen (secondary N) is 1. The molecule has 1 heterocycles. The summed E-state index contributed by atoms with van der Waals surface area (Å²) in [5.41, 5.74) is 2.95. The van der Waals surface area contributed by atoms with E-state index in [1.165, 1.54) is 0 Å². The Bertz CT molecular complexity index is 876. The van der Waals surface area contributed by atoms with Crippen LogP contribution >= 0.6 is 27.5 Å². The van der Waals surface area contributed by atoms with Gasteiger partial charge < -0.3 is 5.32 Å². The van der Waals surface area contributed by atoms with E-state index in [1.807, 2.05) is 37.3 Å². The lowest BCUT2D eigenvalue weighted by molar-refractivity contribution is 0.102. The Hall–Kier alpha value is -2.11. The fourth-order valence-corrected chi connectivity index (χ4v) is 2.89. The molecule has 0 saturated carbocycles. The van der Waals surface area contributed by atoms with E-state index in [2.05, 4.69) is 26.3 Å². The fraction of sp³-hybridized carbons (Fsp3) is 0.0588. The Balaban J connectivity index is 1.81. The third kappa shape index (κ3) is 3.63. The summed E-state index contributed by atoms with van der Waals surface area (Å²) < 4.78 is 2.45. The van der Waals surface area contributed by atoms with Crippen molar-refractivity contribution in [2.24, 2.45) is 0 Å². The van der Waals surface area contributed by atoms with E-state index in [4.69, 9.17) is 11.6 Å². The number of anilines is 1. The van der Waals surface area contributed by atoms with Gasteiger partial charge in [0.15, 0.2) is 5.69 Å². The van der Waals surface area contributed by atoms with Crippen molar-refractivity contribution in [3.63, 3.8) is 0 Å². The lowest BCUT2D eigenvalue weighted by Gasteiger charge is -2.06. The molecule has 1 amide bonds. The van der Waals surface area contributed by atoms with Crippen molar-refractivity contribution in [1.82, 2.24) is 9.78 Å². The molecule has 2 aromatic carbocycles. The quantitative estimate of drug-likeness (QED) is 0.695. The highest BCUT2D eigenvalue weighted by Gasteiger charge is 2.12. The van der Waals surface area contributed by atoms with E-state index < -0.39 is 0 Å². The molecule has 1 N–H and O–H groups in total. The molecular formula is C17H13BrClN3O. The average molecular weight is 391 g/mol. The minimum Gasteiger partial charge on any atom is -0.320 e. The molecule has 23 heavy (non-hydrogen) atoms. The maximum absolute atomic E-state index is 12.3. The summed E-state index contributed by atoms with van der Waals surface area (Å²) in [6.07, 6.45) is 1.73. The first-order valence-electron chi connectivity index (χ1n) is 6.92. The van der Waals surface area contributed by atoms with Gasteiger partial charge in [-0.3, -0.25) is 4.79 Å². The number of carbonyl (C=O) groups is 1. The van der Waals surface area contributed by atoms with Crippen LogP contribution < -0.4 is 5.32 Å². The molecular weight excluding hydrogens is 378 g/mol. The zero-order chi connectivity index (χ0) is 16.4. The molecule has 0 aliphatic heterocycles. The SMILES string of the molecule is Cc1ccc(NC(=O)c2ccn(-c3cccc(Cl)c3)n2)c(Br)c1. The Morgan fingerprint density at radius 1 is 1.22 bits per heavy atom. The third-order valence-corrected chi connectivity index (χ3v) is 4.16. The zero-order valence-corrected chi connectivity index (χ0v) is 14.6. The van der Waals surface area contributed by atoms with E-state index in [1.54, 1.807) is 29.1 Å². The molecule has 116 valence electrons. The second-order valence-corrected chi connectivity index (χ2v) is 6.35. The van der Waals surface area contributed by atoms with Crippen molar-refractivity contribution >= 4 is 39.1 Å². The Kier molecular flexibility index (Phi) is 4.50. The number of aryl methyl sites for hydroxylation is 1. The third-order valence-electron chi connectivity index (χ3n) is 3.27. The number of halogens is 2. The summed E-state index contributed by atoms with van der Waals surface area (Å²) in [6, 6.07) is 14.7. The summed E-state index contributed by atoms with van der Waals surface area (Å²) in [7, 11) is 0. The van der Waals surface area contributed by atoms with Crippen LogP contribution in [0.2, 0.25) is 5.02 Å². The highest BCUT2D eigenvalue weighted by atomic mass is 79.9. The molecule has 6 heteroatoms. The lowest BCUT2D eigenvalue weighted by atomic mass is 10.2. The van der Waals surface area contributed by atoms with Gasteiger partial charge in [0.05, 0.1) is 11.4 Å². The highest BCUT2D eigenvalue weighted by Crippen LogP contribution is 2.24. The van der Waals surface area contributed by atoms with Gasteiger partial charge in [0.25, 0.3) is 5.91 Å². The Morgan fingerprint density at radius 2 is 2.04 bits per heavy atom. The molecule has 0 spiro atoms. The number of hydrogen-bond donors (Lipinski definition) is 1. The van der Waals surface area contributed by atoms with Crippen molar-refractivity contribution in [1.29, 1.82) is 0 Å². The van der Waals surface area contributed by atoms with Crippen molar-refractivity contribution < 1.29 is 4.79 Å². The number of amides is 1.